The van der Waals surface area contributed by atoms with Crippen LogP contribution in [0.15, 0.2) is 146 Å². The first kappa shape index (κ1) is 78.0. The molecule has 2 fully saturated rings. The average molecular weight is 1200 g/mol. The first-order valence-corrected chi connectivity index (χ1v) is 33.1. The van der Waals surface area contributed by atoms with Gasteiger partial charge in [-0.15, -0.1) is 0 Å². The molecule has 0 aliphatic carbocycles. The third kappa shape index (κ3) is 39.0. The number of aliphatic hydroxyl groups is 8. The monoisotopic (exact) mass is 1200 g/mol. The van der Waals surface area contributed by atoms with Crippen molar-refractivity contribution in [3.8, 4) is 0 Å². The van der Waals surface area contributed by atoms with E-state index in [4.69, 9.17) is 18.9 Å². The number of carbonyl (C=O) groups is 1. The molecule has 0 bridgehead atoms. The van der Waals surface area contributed by atoms with E-state index in [0.717, 1.165) is 128 Å². The van der Waals surface area contributed by atoms with Gasteiger partial charge in [-0.25, -0.2) is 0 Å². The van der Waals surface area contributed by atoms with Gasteiger partial charge in [-0.2, -0.15) is 0 Å². The normalized spacial score (nSPS) is 24.4. The summed E-state index contributed by atoms with van der Waals surface area (Å²) in [4.78, 5) is 13.3. The minimum Gasteiger partial charge on any atom is -0.394 e. The second-order valence-electron chi connectivity index (χ2n) is 22.5. The van der Waals surface area contributed by atoms with Gasteiger partial charge >= 0.3 is 0 Å². The largest absolute Gasteiger partial charge is 0.394 e. The Morgan fingerprint density at radius 3 is 1.23 bits per heavy atom. The zero-order chi connectivity index (χ0) is 62.3. The number of allylic oxidation sites excluding steroid dienone is 23. The lowest BCUT2D eigenvalue weighted by molar-refractivity contribution is -0.359. The maximum absolute atomic E-state index is 13.3. The van der Waals surface area contributed by atoms with Crippen LogP contribution in [0.2, 0.25) is 0 Å². The highest BCUT2D eigenvalue weighted by molar-refractivity contribution is 5.76. The molecular weight excluding hydrogens is 1090 g/mol. The van der Waals surface area contributed by atoms with Gasteiger partial charge in [0.1, 0.15) is 48.8 Å². The number of ether oxygens (including phenoxy) is 4. The van der Waals surface area contributed by atoms with Crippen molar-refractivity contribution in [3.63, 3.8) is 0 Å². The van der Waals surface area contributed by atoms with Crippen molar-refractivity contribution in [1.82, 2.24) is 5.32 Å². The van der Waals surface area contributed by atoms with Gasteiger partial charge in [0.25, 0.3) is 0 Å². The topological polar surface area (TPSA) is 228 Å². The molecule has 12 atom stereocenters. The molecule has 2 rings (SSSR count). The molecule has 0 aromatic carbocycles. The Kier molecular flexibility index (Phi) is 49.8. The second-order valence-corrected chi connectivity index (χ2v) is 22.5. The molecule has 14 heteroatoms. The number of hydrogen-bond donors (Lipinski definition) is 9. The number of rotatable bonds is 51. The summed E-state index contributed by atoms with van der Waals surface area (Å²) in [5.74, 6) is -0.265. The second kappa shape index (κ2) is 55.0. The molecule has 0 saturated carbocycles. The molecule has 2 heterocycles. The van der Waals surface area contributed by atoms with E-state index in [9.17, 15) is 45.6 Å². The Hall–Kier alpha value is -4.13. The molecule has 86 heavy (non-hydrogen) atoms. The maximum atomic E-state index is 13.3. The maximum Gasteiger partial charge on any atom is 0.220 e. The summed E-state index contributed by atoms with van der Waals surface area (Å²) in [6, 6.07) is -0.935. The van der Waals surface area contributed by atoms with Gasteiger partial charge in [-0.1, -0.05) is 243 Å². The molecule has 2 saturated heterocycles. The zero-order valence-corrected chi connectivity index (χ0v) is 52.7. The minimum atomic E-state index is -1.80. The van der Waals surface area contributed by atoms with Crippen LogP contribution in [0, 0.1) is 0 Å². The Labute approximate surface area is 519 Å². The molecule has 488 valence electrons. The molecule has 0 aromatic rings. The van der Waals surface area contributed by atoms with Crippen LogP contribution in [0.1, 0.15) is 206 Å². The Morgan fingerprint density at radius 2 is 0.802 bits per heavy atom. The van der Waals surface area contributed by atoms with E-state index in [1.165, 1.54) is 51.4 Å². The molecule has 9 N–H and O–H groups in total. The molecule has 12 unspecified atom stereocenters. The fraction of sp³-hybridized carbons (Fsp3) is 0.653. The van der Waals surface area contributed by atoms with Gasteiger partial charge in [0.15, 0.2) is 12.6 Å². The molecule has 2 aliphatic rings. The lowest BCUT2D eigenvalue weighted by Crippen LogP contribution is -2.65. The summed E-state index contributed by atoms with van der Waals surface area (Å²) in [5, 5.41) is 87.1. The number of carbonyl (C=O) groups excluding carboxylic acids is 1. The summed E-state index contributed by atoms with van der Waals surface area (Å²) in [7, 11) is 0. The van der Waals surface area contributed by atoms with Gasteiger partial charge in [0.05, 0.1) is 32.0 Å². The van der Waals surface area contributed by atoms with Crippen molar-refractivity contribution >= 4 is 5.91 Å². The van der Waals surface area contributed by atoms with Gasteiger partial charge in [0.2, 0.25) is 5.91 Å². The van der Waals surface area contributed by atoms with Gasteiger partial charge in [0, 0.05) is 6.42 Å². The number of aliphatic hydroxyl groups excluding tert-OH is 8. The summed E-state index contributed by atoms with van der Waals surface area (Å²) in [5.41, 5.74) is 0. The molecule has 0 aromatic heterocycles. The molecular formula is C72H117NO13. The van der Waals surface area contributed by atoms with Crippen LogP contribution in [0.5, 0.6) is 0 Å². The Bertz CT molecular complexity index is 2000. The lowest BCUT2D eigenvalue weighted by Gasteiger charge is -2.46. The predicted octanol–water partition coefficient (Wildman–Crippen LogP) is 12.9. The van der Waals surface area contributed by atoms with E-state index in [1.807, 2.05) is 6.08 Å². The standard InChI is InChI=1S/C72H117NO13/c1-3-5-7-9-11-13-15-17-18-19-20-21-22-23-24-25-26-27-28-29-30-31-32-33-34-35-36-37-38-39-40-41-42-44-46-48-50-52-54-56-64(77)73-60(61(76)55-53-51-49-47-45-43-16-14-12-10-8-6-4-2)59-83-71-69(82)67(80)70(63(58-75)85-71)86-72-68(81)66(79)65(78)62(57-74)84-72/h5,7,11,13,17-18,20-21,23-24,26-27,29-30,32-33,35-36,38-39,41-42,53,55,60-63,65-72,74-76,78-82H,3-4,6,8-10,12,14-16,19,22,25,28,31,34,37,40,43-52,54,56-59H2,1-2H3,(H,73,77)/b7-5-,13-11-,18-17-,21-20-,24-23-,27-26-,30-29-,33-32-,36-35-,39-38-,42-41-,55-53+. The Morgan fingerprint density at radius 1 is 0.430 bits per heavy atom. The highest BCUT2D eigenvalue weighted by Crippen LogP contribution is 2.30. The number of hydrogen-bond acceptors (Lipinski definition) is 13. The smallest absolute Gasteiger partial charge is 0.220 e. The van der Waals surface area contributed by atoms with E-state index in [1.54, 1.807) is 6.08 Å². The molecule has 1 amide bonds. The van der Waals surface area contributed by atoms with E-state index in [0.29, 0.717) is 6.42 Å². The number of unbranched alkanes of at least 4 members (excludes halogenated alkanes) is 16. The van der Waals surface area contributed by atoms with Crippen molar-refractivity contribution in [2.45, 2.75) is 280 Å². The molecule has 0 radical (unpaired) electrons. The summed E-state index contributed by atoms with van der Waals surface area (Å²) in [6.07, 6.45) is 66.1. The first-order chi connectivity index (χ1) is 42.1. The molecule has 14 nitrogen and oxygen atoms in total. The van der Waals surface area contributed by atoms with Crippen molar-refractivity contribution in [2.24, 2.45) is 0 Å². The minimum absolute atomic E-state index is 0.249. The van der Waals surface area contributed by atoms with Crippen molar-refractivity contribution < 1.29 is 64.6 Å². The summed E-state index contributed by atoms with van der Waals surface area (Å²) >= 11 is 0. The fourth-order valence-corrected chi connectivity index (χ4v) is 9.77. The van der Waals surface area contributed by atoms with E-state index >= 15 is 0 Å². The fourth-order valence-electron chi connectivity index (χ4n) is 9.77. The van der Waals surface area contributed by atoms with Crippen LogP contribution in [0.4, 0.5) is 0 Å². The van der Waals surface area contributed by atoms with Crippen molar-refractivity contribution in [1.29, 1.82) is 0 Å². The number of nitrogens with one attached hydrogen (secondary N) is 1. The average Bonchev–Trinajstić information content (AvgIpc) is 2.76. The highest BCUT2D eigenvalue weighted by Gasteiger charge is 2.51. The van der Waals surface area contributed by atoms with Crippen LogP contribution >= 0.6 is 0 Å². The van der Waals surface area contributed by atoms with E-state index in [-0.39, 0.29) is 18.9 Å². The van der Waals surface area contributed by atoms with Crippen molar-refractivity contribution in [3.05, 3.63) is 146 Å². The lowest BCUT2D eigenvalue weighted by atomic mass is 9.97. The van der Waals surface area contributed by atoms with Gasteiger partial charge in [-0.3, -0.25) is 4.79 Å². The quantitative estimate of drug-likeness (QED) is 0.0204. The SMILES string of the molecule is CC/C=C\C/C=C\C/C=C\C/C=C\C/C=C\C/C=C\C/C=C\C/C=C\C/C=C\C/C=C\C/C=C\CCCCCCCC(=O)NC(COC1OC(CO)C(OC2OC(CO)C(O)C(O)C2O)C(O)C1O)C(O)/C=C/CCCCCCCCCCCCC. The van der Waals surface area contributed by atoms with Crippen LogP contribution in [-0.4, -0.2) is 140 Å². The highest BCUT2D eigenvalue weighted by atomic mass is 16.7. The molecule has 2 aliphatic heterocycles. The third-order valence-corrected chi connectivity index (χ3v) is 15.0. The van der Waals surface area contributed by atoms with Crippen LogP contribution in [-0.2, 0) is 23.7 Å². The summed E-state index contributed by atoms with van der Waals surface area (Å²) in [6.45, 7) is 2.64. The van der Waals surface area contributed by atoms with Crippen LogP contribution in [0.25, 0.3) is 0 Å². The first-order valence-electron chi connectivity index (χ1n) is 33.1. The third-order valence-electron chi connectivity index (χ3n) is 15.0. The van der Waals surface area contributed by atoms with Crippen LogP contribution in [0.3, 0.4) is 0 Å². The van der Waals surface area contributed by atoms with Gasteiger partial charge < -0.3 is 65.1 Å². The molecule has 0 spiro atoms. The van der Waals surface area contributed by atoms with E-state index in [2.05, 4.69) is 153 Å². The zero-order valence-electron chi connectivity index (χ0n) is 52.7. The number of amides is 1. The summed E-state index contributed by atoms with van der Waals surface area (Å²) < 4.78 is 22.8. The van der Waals surface area contributed by atoms with Crippen LogP contribution < -0.4 is 5.32 Å². The van der Waals surface area contributed by atoms with Crippen molar-refractivity contribution in [2.75, 3.05) is 19.8 Å². The van der Waals surface area contributed by atoms with E-state index < -0.39 is 86.8 Å². The predicted molar refractivity (Wildman–Crippen MR) is 350 cm³/mol. The van der Waals surface area contributed by atoms with Gasteiger partial charge in [-0.05, 0) is 103 Å². The Balaban J connectivity index is 1.66.